The van der Waals surface area contributed by atoms with Gasteiger partial charge in [-0.3, -0.25) is 4.79 Å². The molecule has 0 radical (unpaired) electrons. The van der Waals surface area contributed by atoms with E-state index in [0.717, 1.165) is 11.3 Å². The highest BCUT2D eigenvalue weighted by atomic mass is 35.5. The molecule has 0 saturated heterocycles. The molecule has 23 heavy (non-hydrogen) atoms. The minimum absolute atomic E-state index is 0.120. The van der Waals surface area contributed by atoms with E-state index in [1.54, 1.807) is 29.2 Å². The third-order valence-corrected chi connectivity index (χ3v) is 5.73. The van der Waals surface area contributed by atoms with Gasteiger partial charge in [-0.15, -0.1) is 23.1 Å². The van der Waals surface area contributed by atoms with Gasteiger partial charge in [0, 0.05) is 16.1 Å². The van der Waals surface area contributed by atoms with Crippen LogP contribution in [0.25, 0.3) is 10.1 Å². The molecule has 3 rings (SSSR count). The predicted octanol–water partition coefficient (Wildman–Crippen LogP) is 5.25. The van der Waals surface area contributed by atoms with Gasteiger partial charge in [-0.2, -0.15) is 0 Å². The summed E-state index contributed by atoms with van der Waals surface area (Å²) >= 11 is 9.47. The topological polar surface area (TPSA) is 29.1 Å². The summed E-state index contributed by atoms with van der Waals surface area (Å²) in [5.74, 6) is -0.120. The first-order valence-corrected chi connectivity index (χ1v) is 9.74. The first-order chi connectivity index (χ1) is 11.2. The summed E-state index contributed by atoms with van der Waals surface area (Å²) in [5.41, 5.74) is 1.81. The Balaban J connectivity index is 1.65. The number of thioether (sulfide) groups is 1. The minimum atomic E-state index is -0.120. The fourth-order valence-corrected chi connectivity index (χ4v) is 4.08. The van der Waals surface area contributed by atoms with Crippen molar-refractivity contribution in [2.45, 2.75) is 11.3 Å². The highest BCUT2D eigenvalue weighted by Gasteiger charge is 2.11. The lowest BCUT2D eigenvalue weighted by Crippen LogP contribution is -2.26. The van der Waals surface area contributed by atoms with Crippen LogP contribution < -0.4 is 5.32 Å². The van der Waals surface area contributed by atoms with Crippen molar-refractivity contribution in [3.63, 3.8) is 0 Å². The number of carbonyl (C=O) groups excluding carboxylic acids is 1. The van der Waals surface area contributed by atoms with Crippen molar-refractivity contribution in [1.29, 1.82) is 0 Å². The average molecular weight is 362 g/mol. The van der Waals surface area contributed by atoms with Crippen molar-refractivity contribution >= 4 is 50.7 Å². The molecule has 0 fully saturated rings. The number of fused-ring (bicyclic) bond motifs is 1. The van der Waals surface area contributed by atoms with Gasteiger partial charge in [0.1, 0.15) is 0 Å². The molecule has 1 N–H and O–H groups in total. The SMILES string of the molecule is CSc1ccc(Cl)c(C(=O)NCCc2csc3ccccc23)c1. The second-order valence-electron chi connectivity index (χ2n) is 5.11. The summed E-state index contributed by atoms with van der Waals surface area (Å²) in [6.07, 6.45) is 2.79. The van der Waals surface area contributed by atoms with Crippen molar-refractivity contribution in [2.75, 3.05) is 12.8 Å². The molecule has 2 nitrogen and oxygen atoms in total. The normalized spacial score (nSPS) is 10.9. The van der Waals surface area contributed by atoms with Gasteiger partial charge in [0.2, 0.25) is 0 Å². The van der Waals surface area contributed by atoms with Crippen LogP contribution in [0.15, 0.2) is 52.7 Å². The minimum Gasteiger partial charge on any atom is -0.352 e. The second kappa shape index (κ2) is 7.39. The quantitative estimate of drug-likeness (QED) is 0.629. The van der Waals surface area contributed by atoms with Crippen LogP contribution in [-0.4, -0.2) is 18.7 Å². The Labute approximate surface area is 148 Å². The van der Waals surface area contributed by atoms with E-state index >= 15 is 0 Å². The van der Waals surface area contributed by atoms with Crippen molar-refractivity contribution in [1.82, 2.24) is 5.32 Å². The van der Waals surface area contributed by atoms with E-state index in [2.05, 4.69) is 22.8 Å². The zero-order valence-electron chi connectivity index (χ0n) is 12.6. The summed E-state index contributed by atoms with van der Waals surface area (Å²) in [5, 5.41) is 6.89. The molecule has 0 aliphatic heterocycles. The van der Waals surface area contributed by atoms with E-state index in [1.165, 1.54) is 15.6 Å². The largest absolute Gasteiger partial charge is 0.352 e. The molecular weight excluding hydrogens is 346 g/mol. The zero-order valence-corrected chi connectivity index (χ0v) is 15.0. The lowest BCUT2D eigenvalue weighted by molar-refractivity contribution is 0.0954. The number of hydrogen-bond acceptors (Lipinski definition) is 3. The highest BCUT2D eigenvalue weighted by Crippen LogP contribution is 2.26. The standard InChI is InChI=1S/C18H16ClNOS2/c1-22-13-6-7-16(19)15(10-13)18(21)20-9-8-12-11-23-17-5-3-2-4-14(12)17/h2-7,10-11H,8-9H2,1H3,(H,20,21). The van der Waals surface area contributed by atoms with Crippen LogP contribution in [0.2, 0.25) is 5.02 Å². The number of thiophene rings is 1. The van der Waals surface area contributed by atoms with Crippen molar-refractivity contribution in [2.24, 2.45) is 0 Å². The van der Waals surface area contributed by atoms with E-state index in [9.17, 15) is 4.79 Å². The Hall–Kier alpha value is -1.49. The average Bonchev–Trinajstić information content (AvgIpc) is 2.98. The van der Waals surface area contributed by atoms with Crippen LogP contribution in [0.5, 0.6) is 0 Å². The Kier molecular flexibility index (Phi) is 5.26. The lowest BCUT2D eigenvalue weighted by atomic mass is 10.1. The number of hydrogen-bond donors (Lipinski definition) is 1. The molecule has 0 aliphatic carbocycles. The molecule has 1 heterocycles. The Morgan fingerprint density at radius 2 is 2.09 bits per heavy atom. The summed E-state index contributed by atoms with van der Waals surface area (Å²) in [7, 11) is 0. The molecule has 1 aromatic heterocycles. The molecule has 5 heteroatoms. The molecule has 0 saturated carbocycles. The molecular formula is C18H16ClNOS2. The number of rotatable bonds is 5. The summed E-state index contributed by atoms with van der Waals surface area (Å²) in [4.78, 5) is 13.4. The predicted molar refractivity (Wildman–Crippen MR) is 101 cm³/mol. The van der Waals surface area contributed by atoms with Crippen molar-refractivity contribution in [3.05, 3.63) is 64.0 Å². The molecule has 3 aromatic rings. The van der Waals surface area contributed by atoms with Gasteiger partial charge in [0.15, 0.2) is 0 Å². The molecule has 0 bridgehead atoms. The maximum absolute atomic E-state index is 12.3. The van der Waals surface area contributed by atoms with Gasteiger partial charge < -0.3 is 5.32 Å². The summed E-state index contributed by atoms with van der Waals surface area (Å²) in [6.45, 7) is 0.597. The second-order valence-corrected chi connectivity index (χ2v) is 7.31. The van der Waals surface area contributed by atoms with Gasteiger partial charge in [-0.05, 0) is 53.3 Å². The Bertz CT molecular complexity index is 844. The fourth-order valence-electron chi connectivity index (χ4n) is 2.44. The maximum atomic E-state index is 12.3. The van der Waals surface area contributed by atoms with E-state index in [0.29, 0.717) is 17.1 Å². The molecule has 1 amide bonds. The number of halogens is 1. The van der Waals surface area contributed by atoms with E-state index in [4.69, 9.17) is 11.6 Å². The Morgan fingerprint density at radius 1 is 1.26 bits per heavy atom. The van der Waals surface area contributed by atoms with Crippen LogP contribution in [0.1, 0.15) is 15.9 Å². The van der Waals surface area contributed by atoms with Gasteiger partial charge in [-0.25, -0.2) is 0 Å². The van der Waals surface area contributed by atoms with Crippen molar-refractivity contribution in [3.8, 4) is 0 Å². The third-order valence-electron chi connectivity index (χ3n) is 3.66. The maximum Gasteiger partial charge on any atom is 0.252 e. The van der Waals surface area contributed by atoms with Crippen LogP contribution in [-0.2, 0) is 6.42 Å². The van der Waals surface area contributed by atoms with Crippen LogP contribution in [0.3, 0.4) is 0 Å². The highest BCUT2D eigenvalue weighted by molar-refractivity contribution is 7.98. The number of carbonyl (C=O) groups is 1. The van der Waals surface area contributed by atoms with Crippen LogP contribution >= 0.6 is 34.7 Å². The van der Waals surface area contributed by atoms with Gasteiger partial charge in [0.25, 0.3) is 5.91 Å². The molecule has 0 spiro atoms. The lowest BCUT2D eigenvalue weighted by Gasteiger charge is -2.08. The van der Waals surface area contributed by atoms with E-state index < -0.39 is 0 Å². The first-order valence-electron chi connectivity index (χ1n) is 7.26. The first kappa shape index (κ1) is 16.4. The third kappa shape index (κ3) is 3.71. The number of amides is 1. The molecule has 0 atom stereocenters. The van der Waals surface area contributed by atoms with E-state index in [1.807, 2.05) is 30.5 Å². The van der Waals surface area contributed by atoms with Crippen LogP contribution in [0, 0.1) is 0 Å². The summed E-state index contributed by atoms with van der Waals surface area (Å²) in [6, 6.07) is 13.9. The smallest absolute Gasteiger partial charge is 0.252 e. The van der Waals surface area contributed by atoms with Crippen LogP contribution in [0.4, 0.5) is 0 Å². The summed E-state index contributed by atoms with van der Waals surface area (Å²) < 4.78 is 1.28. The molecule has 118 valence electrons. The Morgan fingerprint density at radius 3 is 2.91 bits per heavy atom. The number of benzene rings is 2. The van der Waals surface area contributed by atoms with Crippen molar-refractivity contribution < 1.29 is 4.79 Å². The monoisotopic (exact) mass is 361 g/mol. The molecule has 0 unspecified atom stereocenters. The number of nitrogens with one attached hydrogen (secondary N) is 1. The van der Waals surface area contributed by atoms with Gasteiger partial charge >= 0.3 is 0 Å². The zero-order chi connectivity index (χ0) is 16.2. The van der Waals surface area contributed by atoms with Gasteiger partial charge in [-0.1, -0.05) is 29.8 Å². The molecule has 0 aliphatic rings. The fraction of sp³-hybridized carbons (Fsp3) is 0.167. The molecule has 2 aromatic carbocycles. The van der Waals surface area contributed by atoms with Gasteiger partial charge in [0.05, 0.1) is 10.6 Å². The van der Waals surface area contributed by atoms with E-state index in [-0.39, 0.29) is 5.91 Å².